The van der Waals surface area contributed by atoms with Crippen molar-refractivity contribution in [2.75, 3.05) is 32.7 Å². The summed E-state index contributed by atoms with van der Waals surface area (Å²) in [6.07, 6.45) is 9.46. The molecule has 0 unspecified atom stereocenters. The smallest absolute Gasteiger partial charge is 0.113 e. The Morgan fingerprint density at radius 2 is 1.29 bits per heavy atom. The Kier molecular flexibility index (Phi) is 14.6. The van der Waals surface area contributed by atoms with Crippen LogP contribution in [-0.2, 0) is 18.0 Å². The maximum atomic E-state index is 4.25. The van der Waals surface area contributed by atoms with Crippen LogP contribution in [0.3, 0.4) is 0 Å². The van der Waals surface area contributed by atoms with Gasteiger partial charge in [0, 0.05) is 60.4 Å². The Balaban J connectivity index is 0.000000280. The highest BCUT2D eigenvalue weighted by Crippen LogP contribution is 2.24. The van der Waals surface area contributed by atoms with Gasteiger partial charge in [-0.3, -0.25) is 4.90 Å². The third-order valence-electron chi connectivity index (χ3n) is 7.95. The van der Waals surface area contributed by atoms with Gasteiger partial charge in [-0.05, 0) is 118 Å². The van der Waals surface area contributed by atoms with Crippen molar-refractivity contribution < 1.29 is 0 Å². The molecule has 2 aromatic heterocycles. The van der Waals surface area contributed by atoms with Gasteiger partial charge in [0.2, 0.25) is 0 Å². The molecule has 0 aromatic carbocycles. The van der Waals surface area contributed by atoms with E-state index in [1.807, 2.05) is 19.4 Å². The fourth-order valence-electron chi connectivity index (χ4n) is 6.15. The number of rotatable bonds is 1. The number of piperidine rings is 1. The van der Waals surface area contributed by atoms with Gasteiger partial charge in [-0.2, -0.15) is 0 Å². The molecular weight excluding hydrogens is 514 g/mol. The maximum absolute atomic E-state index is 4.25. The van der Waals surface area contributed by atoms with Crippen molar-refractivity contribution in [1.82, 2.24) is 23.9 Å². The van der Waals surface area contributed by atoms with E-state index in [1.165, 1.54) is 69.8 Å². The van der Waals surface area contributed by atoms with Crippen molar-refractivity contribution in [1.29, 1.82) is 0 Å². The number of aromatic nitrogens is 3. The van der Waals surface area contributed by atoms with Gasteiger partial charge < -0.3 is 14.0 Å². The van der Waals surface area contributed by atoms with Crippen LogP contribution >= 0.6 is 0 Å². The van der Waals surface area contributed by atoms with E-state index in [0.717, 1.165) is 11.7 Å². The normalized spacial score (nSPS) is 18.8. The monoisotopic (exact) mass is 586 g/mol. The predicted molar refractivity (Wildman–Crippen MR) is 186 cm³/mol. The molecule has 42 heavy (non-hydrogen) atoms. The molecule has 1 atom stereocenters. The van der Waals surface area contributed by atoms with Gasteiger partial charge in [0.25, 0.3) is 0 Å². The SMILES string of the molecule is CC(C)(C)CN1CCCCC1.C[C@H]1CCN(C(C)(C)C)C1.Cc1ccc(C)n1C(C)(C)C.Cn1ccnc1C(C)(C)C. The highest BCUT2D eigenvalue weighted by Gasteiger charge is 2.27. The average Bonchev–Trinajstić information content (AvgIpc) is 3.53. The summed E-state index contributed by atoms with van der Waals surface area (Å²) in [6.45, 7) is 40.2. The van der Waals surface area contributed by atoms with Crippen LogP contribution in [0.1, 0.15) is 133 Å². The van der Waals surface area contributed by atoms with E-state index in [0.29, 0.717) is 11.0 Å². The van der Waals surface area contributed by atoms with E-state index < -0.39 is 0 Å². The van der Waals surface area contributed by atoms with Crippen LogP contribution < -0.4 is 0 Å². The van der Waals surface area contributed by atoms with E-state index in [9.17, 15) is 0 Å². The van der Waals surface area contributed by atoms with Crippen LogP contribution in [-0.4, -0.2) is 62.2 Å². The summed E-state index contributed by atoms with van der Waals surface area (Å²) in [7, 11) is 2.02. The topological polar surface area (TPSA) is 29.2 Å². The van der Waals surface area contributed by atoms with Gasteiger partial charge >= 0.3 is 0 Å². The predicted octanol–water partition coefficient (Wildman–Crippen LogP) is 9.22. The van der Waals surface area contributed by atoms with Gasteiger partial charge in [-0.1, -0.05) is 54.9 Å². The molecule has 4 heterocycles. The molecule has 0 saturated carbocycles. The molecule has 2 saturated heterocycles. The van der Waals surface area contributed by atoms with Gasteiger partial charge in [0.15, 0.2) is 0 Å². The van der Waals surface area contributed by atoms with Crippen LogP contribution in [0.25, 0.3) is 0 Å². The minimum absolute atomic E-state index is 0.165. The van der Waals surface area contributed by atoms with E-state index in [1.54, 1.807) is 0 Å². The molecule has 2 aliphatic heterocycles. The number of likely N-dealkylation sites (tertiary alicyclic amines) is 2. The molecule has 4 rings (SSSR count). The fraction of sp³-hybridized carbons (Fsp3) is 0.811. The Hall–Kier alpha value is -1.59. The summed E-state index contributed by atoms with van der Waals surface area (Å²) in [4.78, 5) is 9.42. The molecule has 0 N–H and O–H groups in total. The second-order valence-corrected chi connectivity index (χ2v) is 17.1. The molecule has 0 bridgehead atoms. The number of hydrogen-bond donors (Lipinski definition) is 0. The molecule has 0 radical (unpaired) electrons. The minimum Gasteiger partial charge on any atom is -0.344 e. The zero-order valence-corrected chi connectivity index (χ0v) is 31.0. The van der Waals surface area contributed by atoms with E-state index in [4.69, 9.17) is 0 Å². The summed E-state index contributed by atoms with van der Waals surface area (Å²) >= 11 is 0. The van der Waals surface area contributed by atoms with Gasteiger partial charge in [-0.15, -0.1) is 0 Å². The van der Waals surface area contributed by atoms with Crippen LogP contribution in [0.5, 0.6) is 0 Å². The lowest BCUT2D eigenvalue weighted by atomic mass is 9.95. The summed E-state index contributed by atoms with van der Waals surface area (Å²) in [6, 6.07) is 4.33. The summed E-state index contributed by atoms with van der Waals surface area (Å²) < 4.78 is 4.41. The molecular formula is C37H71N5. The standard InChI is InChI=1S/C10H17N.C10H21N.C9H19N.C8H14N2/c1-8-6-7-9(2)11(8)10(3,4)5;1-10(2,3)9-11-7-5-4-6-8-11;1-8-5-6-10(7-8)9(2,3)4;1-8(2,3)7-9-5-6-10(7)4/h6-7H,1-5H3;4-9H2,1-3H3;8H,5-7H2,1-4H3;5-6H,1-4H3/t;;8-;/m..0./s1. The van der Waals surface area contributed by atoms with Crippen LogP contribution in [0.2, 0.25) is 0 Å². The third kappa shape index (κ3) is 14.3. The molecule has 244 valence electrons. The molecule has 0 aliphatic carbocycles. The molecule has 2 aliphatic rings. The van der Waals surface area contributed by atoms with E-state index >= 15 is 0 Å². The Bertz CT molecular complexity index is 991. The first-order valence-corrected chi connectivity index (χ1v) is 16.6. The van der Waals surface area contributed by atoms with Crippen molar-refractivity contribution in [3.63, 3.8) is 0 Å². The quantitative estimate of drug-likeness (QED) is 0.334. The maximum Gasteiger partial charge on any atom is 0.113 e. The molecule has 5 nitrogen and oxygen atoms in total. The lowest BCUT2D eigenvalue weighted by Gasteiger charge is -2.32. The zero-order valence-electron chi connectivity index (χ0n) is 31.0. The molecule has 5 heteroatoms. The van der Waals surface area contributed by atoms with Crippen molar-refractivity contribution in [3.05, 3.63) is 41.7 Å². The average molecular weight is 586 g/mol. The zero-order chi connectivity index (χ0) is 32.5. The van der Waals surface area contributed by atoms with Crippen molar-refractivity contribution in [2.45, 2.75) is 146 Å². The van der Waals surface area contributed by atoms with Gasteiger partial charge in [-0.25, -0.2) is 4.98 Å². The number of nitrogens with zero attached hydrogens (tertiary/aromatic N) is 5. The second-order valence-electron chi connectivity index (χ2n) is 17.1. The highest BCUT2D eigenvalue weighted by atomic mass is 15.2. The van der Waals surface area contributed by atoms with Gasteiger partial charge in [0.05, 0.1) is 0 Å². The molecule has 2 aromatic rings. The highest BCUT2D eigenvalue weighted by molar-refractivity contribution is 5.16. The first-order chi connectivity index (χ1) is 19.0. The van der Waals surface area contributed by atoms with Crippen molar-refractivity contribution in [3.8, 4) is 0 Å². The molecule has 0 amide bonds. The van der Waals surface area contributed by atoms with Crippen molar-refractivity contribution >= 4 is 0 Å². The van der Waals surface area contributed by atoms with E-state index in [2.05, 4.69) is 140 Å². The van der Waals surface area contributed by atoms with Crippen LogP contribution in [0.15, 0.2) is 24.5 Å². The number of hydrogen-bond acceptors (Lipinski definition) is 3. The van der Waals surface area contributed by atoms with E-state index in [-0.39, 0.29) is 11.0 Å². The van der Waals surface area contributed by atoms with Crippen LogP contribution in [0, 0.1) is 25.2 Å². The van der Waals surface area contributed by atoms with Crippen molar-refractivity contribution in [2.24, 2.45) is 18.4 Å². The summed E-state index contributed by atoms with van der Waals surface area (Å²) in [5, 5.41) is 0. The first-order valence-electron chi connectivity index (χ1n) is 16.6. The lowest BCUT2D eigenvalue weighted by Crippen LogP contribution is -2.39. The number of aryl methyl sites for hydroxylation is 3. The third-order valence-corrected chi connectivity index (χ3v) is 7.95. The second kappa shape index (κ2) is 15.9. The number of imidazole rings is 1. The first kappa shape index (κ1) is 38.4. The summed E-state index contributed by atoms with van der Waals surface area (Å²) in [5.74, 6) is 2.05. The minimum atomic E-state index is 0.165. The Labute approximate surface area is 262 Å². The fourth-order valence-corrected chi connectivity index (χ4v) is 6.15. The largest absolute Gasteiger partial charge is 0.344 e. The lowest BCUT2D eigenvalue weighted by molar-refractivity contribution is 0.164. The molecule has 2 fully saturated rings. The summed E-state index contributed by atoms with van der Waals surface area (Å²) in [5.41, 5.74) is 3.95. The van der Waals surface area contributed by atoms with Crippen LogP contribution in [0.4, 0.5) is 0 Å². The Morgan fingerprint density at radius 3 is 1.55 bits per heavy atom. The molecule has 0 spiro atoms. The Morgan fingerprint density at radius 1 is 0.762 bits per heavy atom. The van der Waals surface area contributed by atoms with Gasteiger partial charge in [0.1, 0.15) is 5.82 Å².